The highest BCUT2D eigenvalue weighted by Crippen LogP contribution is 2.13. The van der Waals surface area contributed by atoms with Crippen molar-refractivity contribution in [2.24, 2.45) is 0 Å². The zero-order chi connectivity index (χ0) is 11.9. The molecule has 0 aromatic heterocycles. The Morgan fingerprint density at radius 2 is 1.56 bits per heavy atom. The van der Waals surface area contributed by atoms with E-state index >= 15 is 0 Å². The topological polar surface area (TPSA) is 27.7 Å². The smallest absolute Gasteiger partial charge is 0.373 e. The molecule has 4 heteroatoms. The van der Waals surface area contributed by atoms with Crippen molar-refractivity contribution in [3.05, 3.63) is 30.3 Å². The van der Waals surface area contributed by atoms with E-state index in [-0.39, 0.29) is 0 Å². The van der Waals surface area contributed by atoms with E-state index < -0.39 is 8.56 Å². The van der Waals surface area contributed by atoms with Crippen LogP contribution in [0.5, 0.6) is 5.75 Å². The first-order valence-corrected chi connectivity index (χ1v) is 8.18. The van der Waals surface area contributed by atoms with Gasteiger partial charge in [-0.1, -0.05) is 18.2 Å². The van der Waals surface area contributed by atoms with Crippen LogP contribution in [-0.4, -0.2) is 28.0 Å². The van der Waals surface area contributed by atoms with Crippen LogP contribution in [-0.2, 0) is 8.85 Å². The minimum Gasteiger partial charge on any atom is -0.492 e. The molecule has 3 nitrogen and oxygen atoms in total. The van der Waals surface area contributed by atoms with E-state index in [4.69, 9.17) is 13.6 Å². The molecule has 0 aliphatic heterocycles. The third-order valence-electron chi connectivity index (χ3n) is 2.14. The first-order chi connectivity index (χ1) is 7.70. The summed E-state index contributed by atoms with van der Waals surface area (Å²) >= 11 is 0. The fraction of sp³-hybridized carbons (Fsp3) is 0.500. The summed E-state index contributed by atoms with van der Waals surface area (Å²) in [4.78, 5) is 0. The molecule has 90 valence electrons. The summed E-state index contributed by atoms with van der Waals surface area (Å²) < 4.78 is 17.1. The zero-order valence-electron chi connectivity index (χ0n) is 10.2. The van der Waals surface area contributed by atoms with Gasteiger partial charge in [0.25, 0.3) is 0 Å². The molecule has 0 atom stereocenters. The molecule has 0 aliphatic rings. The van der Waals surface area contributed by atoms with Crippen molar-refractivity contribution >= 4 is 8.56 Å². The SMILES string of the molecule is CCO[Si](C)(COc1ccccc1)OCC. The summed E-state index contributed by atoms with van der Waals surface area (Å²) in [5, 5.41) is 0. The van der Waals surface area contributed by atoms with Gasteiger partial charge in [-0.3, -0.25) is 0 Å². The van der Waals surface area contributed by atoms with E-state index in [9.17, 15) is 0 Å². The lowest BCUT2D eigenvalue weighted by Gasteiger charge is -2.25. The van der Waals surface area contributed by atoms with Gasteiger partial charge in [0, 0.05) is 13.2 Å². The van der Waals surface area contributed by atoms with Crippen LogP contribution in [0.25, 0.3) is 0 Å². The molecule has 0 saturated heterocycles. The van der Waals surface area contributed by atoms with Gasteiger partial charge in [0.1, 0.15) is 12.0 Å². The van der Waals surface area contributed by atoms with Crippen LogP contribution in [0.3, 0.4) is 0 Å². The van der Waals surface area contributed by atoms with Crippen LogP contribution < -0.4 is 4.74 Å². The Balaban J connectivity index is 2.49. The van der Waals surface area contributed by atoms with Gasteiger partial charge in [-0.2, -0.15) is 0 Å². The molecule has 1 aromatic rings. The monoisotopic (exact) mass is 240 g/mol. The van der Waals surface area contributed by atoms with Gasteiger partial charge >= 0.3 is 8.56 Å². The maximum absolute atomic E-state index is 5.69. The van der Waals surface area contributed by atoms with Gasteiger partial charge in [0.2, 0.25) is 0 Å². The largest absolute Gasteiger partial charge is 0.492 e. The predicted molar refractivity (Wildman–Crippen MR) is 66.8 cm³/mol. The Hall–Kier alpha value is -0.843. The van der Waals surface area contributed by atoms with Crippen LogP contribution in [0, 0.1) is 0 Å². The average molecular weight is 240 g/mol. The fourth-order valence-corrected chi connectivity index (χ4v) is 3.37. The van der Waals surface area contributed by atoms with E-state index in [0.717, 1.165) is 5.75 Å². The van der Waals surface area contributed by atoms with Gasteiger partial charge in [-0.15, -0.1) is 0 Å². The quantitative estimate of drug-likeness (QED) is 0.686. The van der Waals surface area contributed by atoms with E-state index in [1.807, 2.05) is 50.7 Å². The minimum atomic E-state index is -2.15. The van der Waals surface area contributed by atoms with Crippen LogP contribution in [0.15, 0.2) is 30.3 Å². The van der Waals surface area contributed by atoms with E-state index in [0.29, 0.717) is 19.4 Å². The highest BCUT2D eigenvalue weighted by molar-refractivity contribution is 6.66. The number of hydrogen-bond donors (Lipinski definition) is 0. The molecule has 0 unspecified atom stereocenters. The van der Waals surface area contributed by atoms with Gasteiger partial charge in [0.05, 0.1) is 0 Å². The molecule has 16 heavy (non-hydrogen) atoms. The Morgan fingerprint density at radius 1 is 1.00 bits per heavy atom. The van der Waals surface area contributed by atoms with E-state index in [1.165, 1.54) is 0 Å². The Labute approximate surface area is 98.6 Å². The molecule has 0 fully saturated rings. The third kappa shape index (κ3) is 4.34. The first kappa shape index (κ1) is 13.2. The fourth-order valence-electron chi connectivity index (χ4n) is 1.47. The van der Waals surface area contributed by atoms with Crippen molar-refractivity contribution in [1.29, 1.82) is 0 Å². The molecule has 1 aromatic carbocycles. The number of benzene rings is 1. The van der Waals surface area contributed by atoms with E-state index in [1.54, 1.807) is 0 Å². The molecule has 0 heterocycles. The van der Waals surface area contributed by atoms with Crippen LogP contribution in [0.1, 0.15) is 13.8 Å². The Morgan fingerprint density at radius 3 is 2.06 bits per heavy atom. The molecule has 0 spiro atoms. The maximum Gasteiger partial charge on any atom is 0.373 e. The van der Waals surface area contributed by atoms with Crippen molar-refractivity contribution in [2.45, 2.75) is 20.4 Å². The van der Waals surface area contributed by atoms with Crippen molar-refractivity contribution in [1.82, 2.24) is 0 Å². The van der Waals surface area contributed by atoms with Crippen molar-refractivity contribution in [3.63, 3.8) is 0 Å². The van der Waals surface area contributed by atoms with Crippen LogP contribution in [0.2, 0.25) is 6.55 Å². The average Bonchev–Trinajstić information content (AvgIpc) is 2.29. The highest BCUT2D eigenvalue weighted by atomic mass is 28.4. The lowest BCUT2D eigenvalue weighted by atomic mass is 10.3. The summed E-state index contributed by atoms with van der Waals surface area (Å²) in [6.45, 7) is 7.32. The number of ether oxygens (including phenoxy) is 1. The molecule has 0 amide bonds. The first-order valence-electron chi connectivity index (χ1n) is 5.66. The number of para-hydroxylation sites is 1. The second kappa shape index (κ2) is 6.68. The van der Waals surface area contributed by atoms with Gasteiger partial charge in [-0.25, -0.2) is 0 Å². The molecular formula is C12H20O3Si. The summed E-state index contributed by atoms with van der Waals surface area (Å²) in [7, 11) is -2.15. The summed E-state index contributed by atoms with van der Waals surface area (Å²) in [5.74, 6) is 0.862. The Kier molecular flexibility index (Phi) is 5.52. The Bertz CT molecular complexity index is 284. The van der Waals surface area contributed by atoms with Gasteiger partial charge < -0.3 is 13.6 Å². The second-order valence-corrected chi connectivity index (χ2v) is 6.74. The number of hydrogen-bond acceptors (Lipinski definition) is 3. The van der Waals surface area contributed by atoms with Crippen LogP contribution >= 0.6 is 0 Å². The minimum absolute atomic E-state index is 0.526. The summed E-state index contributed by atoms with van der Waals surface area (Å²) in [6, 6.07) is 9.75. The highest BCUT2D eigenvalue weighted by Gasteiger charge is 2.32. The summed E-state index contributed by atoms with van der Waals surface area (Å²) in [5.41, 5.74) is 0. The standard InChI is InChI=1S/C12H20O3Si/c1-4-14-16(3,15-5-2)11-13-12-9-7-6-8-10-12/h6-10H,4-5,11H2,1-3H3. The van der Waals surface area contributed by atoms with Crippen molar-refractivity contribution in [2.75, 3.05) is 19.4 Å². The lowest BCUT2D eigenvalue weighted by molar-refractivity contribution is 0.164. The zero-order valence-corrected chi connectivity index (χ0v) is 11.2. The lowest BCUT2D eigenvalue weighted by Crippen LogP contribution is -2.45. The van der Waals surface area contributed by atoms with Crippen molar-refractivity contribution < 1.29 is 13.6 Å². The third-order valence-corrected chi connectivity index (χ3v) is 4.61. The van der Waals surface area contributed by atoms with E-state index in [2.05, 4.69) is 0 Å². The molecule has 1 rings (SSSR count). The van der Waals surface area contributed by atoms with Gasteiger partial charge in [0.15, 0.2) is 0 Å². The van der Waals surface area contributed by atoms with Crippen molar-refractivity contribution in [3.8, 4) is 5.75 Å². The maximum atomic E-state index is 5.69. The molecule has 0 aliphatic carbocycles. The normalized spacial score (nSPS) is 11.4. The molecular weight excluding hydrogens is 220 g/mol. The molecule has 0 saturated carbocycles. The van der Waals surface area contributed by atoms with Gasteiger partial charge in [-0.05, 0) is 32.5 Å². The molecule has 0 radical (unpaired) electrons. The predicted octanol–water partition coefficient (Wildman–Crippen LogP) is 2.75. The second-order valence-electron chi connectivity index (χ2n) is 3.60. The molecule has 0 bridgehead atoms. The summed E-state index contributed by atoms with van der Waals surface area (Å²) in [6.07, 6.45) is 0.526. The van der Waals surface area contributed by atoms with Crippen LogP contribution in [0.4, 0.5) is 0 Å². The molecule has 0 N–H and O–H groups in total. The number of rotatable bonds is 7.